The molecule has 4 atom stereocenters. The summed E-state index contributed by atoms with van der Waals surface area (Å²) in [4.78, 5) is 48.5. The first-order chi connectivity index (χ1) is 19.2. The summed E-state index contributed by atoms with van der Waals surface area (Å²) in [6.07, 6.45) is -2.80. The fourth-order valence-electron chi connectivity index (χ4n) is 2.98. The van der Waals surface area contributed by atoms with Crippen molar-refractivity contribution in [3.63, 3.8) is 0 Å². The minimum Gasteiger partial charge on any atom is -0.480 e. The molecule has 0 saturated carbocycles. The van der Waals surface area contributed by atoms with Gasteiger partial charge in [0, 0.05) is 6.54 Å². The van der Waals surface area contributed by atoms with Crippen LogP contribution < -0.4 is 14.8 Å². The van der Waals surface area contributed by atoms with Gasteiger partial charge in [0.2, 0.25) is 0 Å². The number of ether oxygens (including phenoxy) is 6. The summed E-state index contributed by atoms with van der Waals surface area (Å²) < 4.78 is 31.2. The highest BCUT2D eigenvalue weighted by Crippen LogP contribution is 2.30. The molecule has 232 valence electrons. The molecule has 0 aromatic heterocycles. The minimum atomic E-state index is -1.15. The maximum absolute atomic E-state index is 12.4. The molecule has 0 fully saturated rings. The van der Waals surface area contributed by atoms with Crippen molar-refractivity contribution < 1.29 is 52.7 Å². The van der Waals surface area contributed by atoms with E-state index in [9.17, 15) is 24.3 Å². The van der Waals surface area contributed by atoms with Gasteiger partial charge in [-0.15, -0.1) is 0 Å². The lowest BCUT2D eigenvalue weighted by atomic mass is 10.0. The van der Waals surface area contributed by atoms with Crippen LogP contribution in [0, 0.1) is 11.8 Å². The molecule has 12 nitrogen and oxygen atoms in total. The number of rotatable bonds is 16. The van der Waals surface area contributed by atoms with Crippen LogP contribution in [0.4, 0.5) is 14.4 Å². The number of unbranched alkanes of at least 4 members (excludes halogenated alkanes) is 1. The fraction of sp³-hybridized carbons (Fsp3) is 0.655. The number of hydrogen-bond donors (Lipinski definition) is 2. The number of carboxylic acids is 1. The number of hydrogen-bond acceptors (Lipinski definition) is 11. The van der Waals surface area contributed by atoms with Crippen molar-refractivity contribution in [1.82, 2.24) is 5.32 Å². The third kappa shape index (κ3) is 14.1. The Kier molecular flexibility index (Phi) is 15.6. The average Bonchev–Trinajstić information content (AvgIpc) is 2.87. The highest BCUT2D eigenvalue weighted by molar-refractivity contribution is 5.74. The van der Waals surface area contributed by atoms with E-state index in [1.165, 1.54) is 18.2 Å². The molecule has 0 aliphatic heterocycles. The maximum atomic E-state index is 12.4. The third-order valence-corrected chi connectivity index (χ3v) is 6.24. The molecule has 3 unspecified atom stereocenters. The number of carboxylic acid groups (broad SMARTS) is 1. The van der Waals surface area contributed by atoms with Crippen LogP contribution in [0.25, 0.3) is 0 Å². The first-order valence-corrected chi connectivity index (χ1v) is 13.9. The number of aliphatic carboxylic acids is 1. The Morgan fingerprint density at radius 3 is 1.88 bits per heavy atom. The summed E-state index contributed by atoms with van der Waals surface area (Å²) in [7, 11) is 0. The normalized spacial score (nSPS) is 14.0. The minimum absolute atomic E-state index is 0.0315. The van der Waals surface area contributed by atoms with Gasteiger partial charge < -0.3 is 38.8 Å². The molecule has 2 N–H and O–H groups in total. The van der Waals surface area contributed by atoms with Crippen molar-refractivity contribution in [2.24, 2.45) is 11.8 Å². The van der Waals surface area contributed by atoms with E-state index < -0.39 is 48.8 Å². The van der Waals surface area contributed by atoms with Gasteiger partial charge in [-0.1, -0.05) is 47.1 Å². The first-order valence-electron chi connectivity index (χ1n) is 13.9. The topological polar surface area (TPSA) is 156 Å². The zero-order chi connectivity index (χ0) is 31.1. The van der Waals surface area contributed by atoms with E-state index in [4.69, 9.17) is 28.4 Å². The van der Waals surface area contributed by atoms with Gasteiger partial charge in [-0.2, -0.15) is 0 Å². The van der Waals surface area contributed by atoms with Gasteiger partial charge in [0.1, 0.15) is 24.4 Å². The van der Waals surface area contributed by atoms with Crippen LogP contribution in [0.1, 0.15) is 73.8 Å². The Morgan fingerprint density at radius 1 is 0.805 bits per heavy atom. The molecule has 1 aromatic carbocycles. The Balaban J connectivity index is 3.02. The van der Waals surface area contributed by atoms with E-state index in [1.807, 2.05) is 34.6 Å². The van der Waals surface area contributed by atoms with Gasteiger partial charge in [0.05, 0.1) is 6.61 Å². The van der Waals surface area contributed by atoms with Crippen LogP contribution in [0.3, 0.4) is 0 Å². The Morgan fingerprint density at radius 2 is 1.37 bits per heavy atom. The van der Waals surface area contributed by atoms with E-state index in [-0.39, 0.29) is 42.9 Å². The summed E-state index contributed by atoms with van der Waals surface area (Å²) in [5.74, 6) is -1.32. The highest BCUT2D eigenvalue weighted by Gasteiger charge is 2.24. The number of carbonyl (C=O) groups is 4. The standard InChI is InChI=1S/C29H45NO11/c1-9-10-13-36-27(33)37-19(6)16-30-23(26(31)32)14-22-11-12-24(40-28(34)38-20(7)17(2)3)25(15-22)41-29(35)39-21(8)18(4)5/h11-12,15,17-21,23,30H,9-10,13-14,16H2,1-8H3,(H,31,32)/t19?,20?,21?,23-/m0/s1. The van der Waals surface area contributed by atoms with Crippen molar-refractivity contribution in [2.45, 2.75) is 99.0 Å². The van der Waals surface area contributed by atoms with Crippen LogP contribution in [-0.4, -0.2) is 67.0 Å². The summed E-state index contributed by atoms with van der Waals surface area (Å²) in [5, 5.41) is 12.6. The van der Waals surface area contributed by atoms with Crippen LogP contribution in [-0.2, 0) is 30.2 Å². The zero-order valence-electron chi connectivity index (χ0n) is 25.3. The second-order valence-corrected chi connectivity index (χ2v) is 10.5. The predicted octanol–water partition coefficient (Wildman–Crippen LogP) is 5.73. The van der Waals surface area contributed by atoms with E-state index in [0.29, 0.717) is 12.0 Å². The quantitative estimate of drug-likeness (QED) is 0.106. The highest BCUT2D eigenvalue weighted by atomic mass is 16.8. The largest absolute Gasteiger partial charge is 0.514 e. The summed E-state index contributed by atoms with van der Waals surface area (Å²) in [5.41, 5.74) is 0.452. The summed E-state index contributed by atoms with van der Waals surface area (Å²) >= 11 is 0. The second kappa shape index (κ2) is 18.0. The molecule has 0 aliphatic carbocycles. The smallest absolute Gasteiger partial charge is 0.480 e. The van der Waals surface area contributed by atoms with Crippen LogP contribution in [0.15, 0.2) is 18.2 Å². The molecule has 0 bridgehead atoms. The predicted molar refractivity (Wildman–Crippen MR) is 149 cm³/mol. The van der Waals surface area contributed by atoms with Gasteiger partial charge >= 0.3 is 24.4 Å². The average molecular weight is 584 g/mol. The molecule has 12 heteroatoms. The van der Waals surface area contributed by atoms with Crippen LogP contribution in [0.5, 0.6) is 11.5 Å². The van der Waals surface area contributed by atoms with Gasteiger partial charge in [0.25, 0.3) is 0 Å². The molecule has 0 heterocycles. The number of benzene rings is 1. The molecule has 0 aliphatic rings. The first kappa shape index (κ1) is 35.5. The lowest BCUT2D eigenvalue weighted by Gasteiger charge is -2.20. The van der Waals surface area contributed by atoms with Crippen molar-refractivity contribution in [1.29, 1.82) is 0 Å². The number of carbonyl (C=O) groups excluding carboxylic acids is 3. The van der Waals surface area contributed by atoms with E-state index in [0.717, 1.165) is 6.42 Å². The van der Waals surface area contributed by atoms with E-state index in [2.05, 4.69) is 5.32 Å². The van der Waals surface area contributed by atoms with Gasteiger partial charge in [-0.05, 0) is 63.1 Å². The lowest BCUT2D eigenvalue weighted by Crippen LogP contribution is -2.42. The van der Waals surface area contributed by atoms with Crippen molar-refractivity contribution in [2.75, 3.05) is 13.2 Å². The van der Waals surface area contributed by atoms with Gasteiger partial charge in [-0.3, -0.25) is 4.79 Å². The lowest BCUT2D eigenvalue weighted by molar-refractivity contribution is -0.139. The molecule has 0 saturated heterocycles. The molecule has 0 amide bonds. The molecule has 1 aromatic rings. The molecule has 41 heavy (non-hydrogen) atoms. The van der Waals surface area contributed by atoms with Gasteiger partial charge in [0.15, 0.2) is 11.5 Å². The Labute approximate surface area is 241 Å². The van der Waals surface area contributed by atoms with Crippen molar-refractivity contribution in [3.8, 4) is 11.5 Å². The Bertz CT molecular complexity index is 995. The van der Waals surface area contributed by atoms with Crippen molar-refractivity contribution >= 4 is 24.4 Å². The molecular formula is C29H45NO11. The maximum Gasteiger partial charge on any atom is 0.514 e. The fourth-order valence-corrected chi connectivity index (χ4v) is 2.98. The SMILES string of the molecule is CCCCOC(=O)OC(C)CN[C@@H](Cc1ccc(OC(=O)OC(C)C(C)C)c(OC(=O)OC(C)C(C)C)c1)C(=O)O. The van der Waals surface area contributed by atoms with Gasteiger partial charge in [-0.25, -0.2) is 14.4 Å². The monoisotopic (exact) mass is 583 g/mol. The number of nitrogens with one attached hydrogen (secondary N) is 1. The summed E-state index contributed by atoms with van der Waals surface area (Å²) in [6, 6.07) is 3.22. The molecular weight excluding hydrogens is 538 g/mol. The Hall–Kier alpha value is -3.54. The zero-order valence-corrected chi connectivity index (χ0v) is 25.3. The van der Waals surface area contributed by atoms with E-state index in [1.54, 1.807) is 20.8 Å². The summed E-state index contributed by atoms with van der Waals surface area (Å²) in [6.45, 7) is 14.8. The van der Waals surface area contributed by atoms with Crippen molar-refractivity contribution in [3.05, 3.63) is 23.8 Å². The molecule has 0 spiro atoms. The molecule has 0 radical (unpaired) electrons. The van der Waals surface area contributed by atoms with E-state index >= 15 is 0 Å². The van der Waals surface area contributed by atoms with Crippen LogP contribution in [0.2, 0.25) is 0 Å². The molecule has 1 rings (SSSR count). The van der Waals surface area contributed by atoms with Crippen LogP contribution >= 0.6 is 0 Å². The third-order valence-electron chi connectivity index (χ3n) is 6.24. The second-order valence-electron chi connectivity index (χ2n) is 10.5.